The van der Waals surface area contributed by atoms with Crippen LogP contribution in [0.1, 0.15) is 22.6 Å². The number of aryl methyl sites for hydroxylation is 1. The average Bonchev–Trinajstić information content (AvgIpc) is 3.20. The van der Waals surface area contributed by atoms with Gasteiger partial charge in [-0.1, -0.05) is 30.3 Å². The van der Waals surface area contributed by atoms with E-state index >= 15 is 0 Å². The first-order valence-electron chi connectivity index (χ1n) is 10.1. The Morgan fingerprint density at radius 1 is 0.806 bits per heavy atom. The first kappa shape index (κ1) is 20.2. The van der Waals surface area contributed by atoms with E-state index in [0.29, 0.717) is 23.5 Å². The number of urea groups is 1. The van der Waals surface area contributed by atoms with Crippen molar-refractivity contribution in [3.05, 3.63) is 90.3 Å². The van der Waals surface area contributed by atoms with Gasteiger partial charge in [-0.05, 0) is 55.0 Å². The third-order valence-corrected chi connectivity index (χ3v) is 4.75. The molecule has 0 spiro atoms. The SMILES string of the molecule is O=C(Nc1ccccc1)Nc1ccc(C(=O)NCCCc2nc3ccccc3[nH]2)cc1. The van der Waals surface area contributed by atoms with Crippen LogP contribution in [0.2, 0.25) is 0 Å². The van der Waals surface area contributed by atoms with Gasteiger partial charge in [0.25, 0.3) is 5.91 Å². The highest BCUT2D eigenvalue weighted by Gasteiger charge is 2.07. The van der Waals surface area contributed by atoms with E-state index in [4.69, 9.17) is 0 Å². The molecule has 4 aromatic rings. The minimum absolute atomic E-state index is 0.148. The minimum Gasteiger partial charge on any atom is -0.352 e. The van der Waals surface area contributed by atoms with Crippen LogP contribution in [0.3, 0.4) is 0 Å². The molecule has 0 bridgehead atoms. The molecule has 7 nitrogen and oxygen atoms in total. The molecule has 0 saturated carbocycles. The summed E-state index contributed by atoms with van der Waals surface area (Å²) in [6.45, 7) is 0.551. The predicted octanol–water partition coefficient (Wildman–Crippen LogP) is 4.57. The van der Waals surface area contributed by atoms with E-state index in [0.717, 1.165) is 29.7 Å². The number of hydrogen-bond acceptors (Lipinski definition) is 3. The lowest BCUT2D eigenvalue weighted by Gasteiger charge is -2.09. The lowest BCUT2D eigenvalue weighted by atomic mass is 10.2. The fourth-order valence-electron chi connectivity index (χ4n) is 3.20. The molecule has 0 aliphatic carbocycles. The molecule has 0 unspecified atom stereocenters. The largest absolute Gasteiger partial charge is 0.352 e. The molecule has 0 aliphatic rings. The van der Waals surface area contributed by atoms with Crippen LogP contribution >= 0.6 is 0 Å². The van der Waals surface area contributed by atoms with E-state index in [9.17, 15) is 9.59 Å². The van der Waals surface area contributed by atoms with Gasteiger partial charge in [0.2, 0.25) is 0 Å². The number of amides is 3. The zero-order chi connectivity index (χ0) is 21.5. The van der Waals surface area contributed by atoms with Gasteiger partial charge in [0.1, 0.15) is 5.82 Å². The van der Waals surface area contributed by atoms with Crippen molar-refractivity contribution in [2.24, 2.45) is 0 Å². The van der Waals surface area contributed by atoms with E-state index in [1.807, 2.05) is 42.5 Å². The molecule has 1 heterocycles. The average molecular weight is 413 g/mol. The van der Waals surface area contributed by atoms with Crippen LogP contribution in [0.15, 0.2) is 78.9 Å². The van der Waals surface area contributed by atoms with Gasteiger partial charge in [0.05, 0.1) is 11.0 Å². The number of aromatic nitrogens is 2. The summed E-state index contributed by atoms with van der Waals surface area (Å²) in [6, 6.07) is 23.5. The van der Waals surface area contributed by atoms with E-state index in [-0.39, 0.29) is 11.9 Å². The van der Waals surface area contributed by atoms with Crippen molar-refractivity contribution in [3.8, 4) is 0 Å². The van der Waals surface area contributed by atoms with Crippen molar-refractivity contribution in [1.82, 2.24) is 15.3 Å². The maximum Gasteiger partial charge on any atom is 0.323 e. The second kappa shape index (κ2) is 9.58. The van der Waals surface area contributed by atoms with Gasteiger partial charge in [-0.15, -0.1) is 0 Å². The number of benzene rings is 3. The molecule has 1 aromatic heterocycles. The zero-order valence-electron chi connectivity index (χ0n) is 16.9. The van der Waals surface area contributed by atoms with E-state index in [1.54, 1.807) is 36.4 Å². The standard InChI is InChI=1S/C24H23N5O2/c30-23(25-16-6-11-22-28-20-9-4-5-10-21(20)29-22)17-12-14-19(15-13-17)27-24(31)26-18-7-2-1-3-8-18/h1-5,7-10,12-15H,6,11,16H2,(H,25,30)(H,28,29)(H2,26,27,31). The summed E-state index contributed by atoms with van der Waals surface area (Å²) < 4.78 is 0. The van der Waals surface area contributed by atoms with Crippen LogP contribution in [0.4, 0.5) is 16.2 Å². The van der Waals surface area contributed by atoms with E-state index < -0.39 is 0 Å². The molecule has 0 atom stereocenters. The predicted molar refractivity (Wildman–Crippen MR) is 122 cm³/mol. The Labute approximate surface area is 179 Å². The van der Waals surface area contributed by atoms with Crippen LogP contribution in [-0.2, 0) is 6.42 Å². The summed E-state index contributed by atoms with van der Waals surface area (Å²) in [6.07, 6.45) is 1.54. The lowest BCUT2D eigenvalue weighted by Crippen LogP contribution is -2.25. The van der Waals surface area contributed by atoms with E-state index in [1.165, 1.54) is 0 Å². The second-order valence-corrected chi connectivity index (χ2v) is 7.08. The Morgan fingerprint density at radius 2 is 1.48 bits per heavy atom. The maximum atomic E-state index is 12.3. The number of aromatic amines is 1. The van der Waals surface area contributed by atoms with Crippen molar-refractivity contribution in [2.75, 3.05) is 17.2 Å². The van der Waals surface area contributed by atoms with Gasteiger partial charge in [-0.2, -0.15) is 0 Å². The number of para-hydroxylation sites is 3. The molecule has 156 valence electrons. The Hall–Kier alpha value is -4.13. The third kappa shape index (κ3) is 5.48. The van der Waals surface area contributed by atoms with Crippen molar-refractivity contribution in [2.45, 2.75) is 12.8 Å². The van der Waals surface area contributed by atoms with Crippen molar-refractivity contribution < 1.29 is 9.59 Å². The number of nitrogens with one attached hydrogen (secondary N) is 4. The Bertz CT molecular complexity index is 1140. The number of nitrogens with zero attached hydrogens (tertiary/aromatic N) is 1. The van der Waals surface area contributed by atoms with E-state index in [2.05, 4.69) is 25.9 Å². The molecule has 0 radical (unpaired) electrons. The highest BCUT2D eigenvalue weighted by molar-refractivity contribution is 6.00. The summed E-state index contributed by atoms with van der Waals surface area (Å²) in [7, 11) is 0. The van der Waals surface area contributed by atoms with Crippen molar-refractivity contribution >= 4 is 34.3 Å². The van der Waals surface area contributed by atoms with Gasteiger partial charge in [0.15, 0.2) is 0 Å². The maximum absolute atomic E-state index is 12.3. The summed E-state index contributed by atoms with van der Waals surface area (Å²) in [4.78, 5) is 32.2. The lowest BCUT2D eigenvalue weighted by molar-refractivity contribution is 0.0953. The number of rotatable bonds is 7. The summed E-state index contributed by atoms with van der Waals surface area (Å²) >= 11 is 0. The molecule has 0 saturated heterocycles. The molecule has 4 N–H and O–H groups in total. The van der Waals surface area contributed by atoms with Crippen LogP contribution in [0.25, 0.3) is 11.0 Å². The second-order valence-electron chi connectivity index (χ2n) is 7.08. The normalized spacial score (nSPS) is 10.6. The minimum atomic E-state index is -0.339. The molecule has 0 fully saturated rings. The first-order chi connectivity index (χ1) is 15.2. The number of carbonyl (C=O) groups excluding carboxylic acids is 2. The summed E-state index contributed by atoms with van der Waals surface area (Å²) in [5.74, 6) is 0.768. The van der Waals surface area contributed by atoms with Crippen LogP contribution < -0.4 is 16.0 Å². The number of imidazole rings is 1. The monoisotopic (exact) mass is 413 g/mol. The first-order valence-corrected chi connectivity index (χ1v) is 10.1. The Balaban J connectivity index is 1.22. The van der Waals surface area contributed by atoms with Crippen LogP contribution in [0, 0.1) is 0 Å². The number of carbonyl (C=O) groups is 2. The third-order valence-electron chi connectivity index (χ3n) is 4.75. The fraction of sp³-hybridized carbons (Fsp3) is 0.125. The Kier molecular flexibility index (Phi) is 6.23. The molecule has 4 rings (SSSR count). The summed E-state index contributed by atoms with van der Waals surface area (Å²) in [5, 5.41) is 8.41. The van der Waals surface area contributed by atoms with Gasteiger partial charge >= 0.3 is 6.03 Å². The highest BCUT2D eigenvalue weighted by atomic mass is 16.2. The number of anilines is 2. The molecule has 7 heteroatoms. The van der Waals surface area contributed by atoms with Gasteiger partial charge in [-0.3, -0.25) is 4.79 Å². The molecule has 0 aliphatic heterocycles. The number of hydrogen-bond donors (Lipinski definition) is 4. The molecule has 3 amide bonds. The Morgan fingerprint density at radius 3 is 2.23 bits per heavy atom. The van der Waals surface area contributed by atoms with Gasteiger partial charge in [0, 0.05) is 29.9 Å². The fourth-order valence-corrected chi connectivity index (χ4v) is 3.20. The van der Waals surface area contributed by atoms with Crippen molar-refractivity contribution in [1.29, 1.82) is 0 Å². The molecule has 31 heavy (non-hydrogen) atoms. The zero-order valence-corrected chi connectivity index (χ0v) is 16.9. The van der Waals surface area contributed by atoms with Crippen LogP contribution in [0.5, 0.6) is 0 Å². The molecule has 3 aromatic carbocycles. The smallest absolute Gasteiger partial charge is 0.323 e. The number of fused-ring (bicyclic) bond motifs is 1. The molecular weight excluding hydrogens is 390 g/mol. The molecular formula is C24H23N5O2. The summed E-state index contributed by atoms with van der Waals surface area (Å²) in [5.41, 5.74) is 3.83. The van der Waals surface area contributed by atoms with Gasteiger partial charge < -0.3 is 20.9 Å². The highest BCUT2D eigenvalue weighted by Crippen LogP contribution is 2.13. The topological polar surface area (TPSA) is 98.9 Å². The quantitative estimate of drug-likeness (QED) is 0.334. The van der Waals surface area contributed by atoms with Gasteiger partial charge in [-0.25, -0.2) is 9.78 Å². The number of H-pyrrole nitrogens is 1. The van der Waals surface area contributed by atoms with Crippen molar-refractivity contribution in [3.63, 3.8) is 0 Å². The van der Waals surface area contributed by atoms with Crippen LogP contribution in [-0.4, -0.2) is 28.5 Å².